The third kappa shape index (κ3) is 8.08. The van der Waals surface area contributed by atoms with Gasteiger partial charge < -0.3 is 19.9 Å². The fourth-order valence-electron chi connectivity index (χ4n) is 5.37. The van der Waals surface area contributed by atoms with Crippen molar-refractivity contribution in [3.63, 3.8) is 0 Å². The van der Waals surface area contributed by atoms with Crippen LogP contribution in [-0.2, 0) is 19.8 Å². The molecule has 4 rings (SSSR count). The van der Waals surface area contributed by atoms with Gasteiger partial charge in [-0.15, -0.1) is 0 Å². The number of halogens is 5. The lowest BCUT2D eigenvalue weighted by Crippen LogP contribution is -2.28. The van der Waals surface area contributed by atoms with Gasteiger partial charge in [0.1, 0.15) is 46.8 Å². The van der Waals surface area contributed by atoms with Gasteiger partial charge >= 0.3 is 5.70 Å². The molecular weight excluding hydrogens is 762 g/mol. The van der Waals surface area contributed by atoms with Gasteiger partial charge in [-0.2, -0.15) is 26.3 Å². The highest BCUT2D eigenvalue weighted by molar-refractivity contribution is 5.60. The van der Waals surface area contributed by atoms with E-state index in [1.54, 1.807) is 33.8 Å². The lowest BCUT2D eigenvalue weighted by atomic mass is 9.86. The topological polar surface area (TPSA) is 205 Å². The molecule has 1 atom stereocenters. The Kier molecular flexibility index (Phi) is 13.8. The number of nitriles is 6. The van der Waals surface area contributed by atoms with Gasteiger partial charge in [0, 0.05) is 0 Å². The van der Waals surface area contributed by atoms with Gasteiger partial charge in [0.25, 0.3) is 0 Å². The molecule has 0 amide bonds. The van der Waals surface area contributed by atoms with Crippen molar-refractivity contribution in [2.24, 2.45) is 5.73 Å². The van der Waals surface area contributed by atoms with Crippen molar-refractivity contribution in [2.45, 2.75) is 86.0 Å². The molecule has 3 aliphatic heterocycles. The monoisotopic (exact) mass is 793 g/mol. The average molecular weight is 794 g/mol. The summed E-state index contributed by atoms with van der Waals surface area (Å²) in [5, 5.41) is 54.3. The molecule has 0 saturated heterocycles. The standard InChI is InChI=1S/C16H6F5N3O.C14H14N4O.C11H12N2O/c1-6-7(4-22)15(8(5-23)24-3)25-16(6,2)9-10(17)12(19)14(21)13(20)11(9)18;1-8(5-15)12(18)11(7-17)13-10(6-16)9(2)14(3,4)19-13;1-7-9(6-12)10(8(2)13-5)14-11(7,3)4/h1-2H3;18H2,1-4H3;1-4H3/b15-8-;12-8-,13-11-;10-8-. The van der Waals surface area contributed by atoms with Gasteiger partial charge in [-0.05, 0) is 86.0 Å². The summed E-state index contributed by atoms with van der Waals surface area (Å²) >= 11 is 0. The van der Waals surface area contributed by atoms with Crippen molar-refractivity contribution in [2.75, 3.05) is 0 Å². The summed E-state index contributed by atoms with van der Waals surface area (Å²) in [6.45, 7) is 30.1. The summed E-state index contributed by atoms with van der Waals surface area (Å²) in [6, 6.07) is 11.0. The quantitative estimate of drug-likeness (QED) is 0.0988. The van der Waals surface area contributed by atoms with Crippen molar-refractivity contribution in [1.82, 2.24) is 0 Å². The van der Waals surface area contributed by atoms with E-state index >= 15 is 0 Å². The number of benzene rings is 1. The summed E-state index contributed by atoms with van der Waals surface area (Å²) in [4.78, 5) is 6.13. The van der Waals surface area contributed by atoms with Crippen LogP contribution in [0.5, 0.6) is 0 Å². The molecule has 0 radical (unpaired) electrons. The maximum Gasteiger partial charge on any atom is 0.304 e. The Labute approximate surface area is 331 Å². The minimum atomic E-state index is -2.34. The van der Waals surface area contributed by atoms with Gasteiger partial charge in [0.15, 0.2) is 40.4 Å². The summed E-state index contributed by atoms with van der Waals surface area (Å²) in [5.74, 6) is -10.9. The van der Waals surface area contributed by atoms with Crippen molar-refractivity contribution >= 4 is 0 Å². The highest BCUT2D eigenvalue weighted by atomic mass is 19.2. The van der Waals surface area contributed by atoms with Crippen LogP contribution < -0.4 is 5.73 Å². The van der Waals surface area contributed by atoms with Crippen LogP contribution in [0.1, 0.15) is 74.8 Å². The molecule has 294 valence electrons. The Morgan fingerprint density at radius 1 is 0.586 bits per heavy atom. The first kappa shape index (κ1) is 46.3. The first-order valence-electron chi connectivity index (χ1n) is 16.4. The highest BCUT2D eigenvalue weighted by Crippen LogP contribution is 2.48. The van der Waals surface area contributed by atoms with Crippen molar-refractivity contribution in [3.05, 3.63) is 136 Å². The SMILES string of the molecule is CC1=C(C#N)/C(=C(C#N)/C(N)=C(\C)C#N)OC1(C)C.[C-]#[N+]/C(C#N)=C1\OC(C)(c2c(F)c(F)c(F)c(F)c2F)C(C)=C1C#N.[C-]#[N+]/C(C)=C1\OC(C)(C)C(C)=C1C#N. The molecule has 0 spiro atoms. The van der Waals surface area contributed by atoms with Crippen LogP contribution in [0.3, 0.4) is 0 Å². The second kappa shape index (κ2) is 17.3. The lowest BCUT2D eigenvalue weighted by Gasteiger charge is -2.28. The Balaban J connectivity index is 0.000000313. The van der Waals surface area contributed by atoms with E-state index in [1.165, 1.54) is 19.9 Å². The largest absolute Gasteiger partial charge is 0.493 e. The van der Waals surface area contributed by atoms with Gasteiger partial charge in [0.2, 0.25) is 11.5 Å². The predicted molar refractivity (Wildman–Crippen MR) is 194 cm³/mol. The average Bonchev–Trinajstić information content (AvgIpc) is 3.69. The van der Waals surface area contributed by atoms with E-state index in [1.807, 2.05) is 39.0 Å². The van der Waals surface area contributed by atoms with E-state index in [4.69, 9.17) is 48.9 Å². The summed E-state index contributed by atoms with van der Waals surface area (Å²) in [6.07, 6.45) is 0. The van der Waals surface area contributed by atoms with Gasteiger partial charge in [-0.25, -0.2) is 36.9 Å². The van der Waals surface area contributed by atoms with E-state index < -0.39 is 62.9 Å². The number of nitrogens with two attached hydrogens (primary N) is 1. The highest BCUT2D eigenvalue weighted by Gasteiger charge is 2.48. The number of nitrogens with zero attached hydrogens (tertiary/aromatic N) is 8. The lowest BCUT2D eigenvalue weighted by molar-refractivity contribution is 0.0632. The first-order valence-corrected chi connectivity index (χ1v) is 16.4. The van der Waals surface area contributed by atoms with Crippen LogP contribution in [0.25, 0.3) is 9.69 Å². The van der Waals surface area contributed by atoms with Crippen molar-refractivity contribution in [3.8, 4) is 36.4 Å². The Morgan fingerprint density at radius 3 is 1.38 bits per heavy atom. The van der Waals surface area contributed by atoms with Crippen LogP contribution in [0.4, 0.5) is 22.0 Å². The molecule has 0 saturated carbocycles. The molecule has 3 aliphatic rings. The Morgan fingerprint density at radius 2 is 1.00 bits per heavy atom. The van der Waals surface area contributed by atoms with Crippen LogP contribution in [0.15, 0.2) is 79.0 Å². The molecule has 1 unspecified atom stereocenters. The molecule has 0 fully saturated rings. The fraction of sp³-hybridized carbons (Fsp3) is 0.317. The van der Waals surface area contributed by atoms with Crippen LogP contribution in [-0.4, -0.2) is 11.2 Å². The molecular formula is C41H32F5N9O3. The maximum atomic E-state index is 14.1. The molecule has 17 heteroatoms. The minimum Gasteiger partial charge on any atom is -0.493 e. The third-order valence-corrected chi connectivity index (χ3v) is 9.48. The number of hydrogen-bond acceptors (Lipinski definition) is 10. The summed E-state index contributed by atoms with van der Waals surface area (Å²) < 4.78 is 85.0. The van der Waals surface area contributed by atoms with Crippen LogP contribution >= 0.6 is 0 Å². The molecule has 0 aliphatic carbocycles. The van der Waals surface area contributed by atoms with E-state index in [0.29, 0.717) is 22.6 Å². The number of allylic oxidation sites excluding steroid dienone is 7. The summed E-state index contributed by atoms with van der Waals surface area (Å²) in [5.41, 5.74) is 2.93. The maximum absolute atomic E-state index is 14.1. The molecule has 2 N–H and O–H groups in total. The van der Waals surface area contributed by atoms with Crippen molar-refractivity contribution in [1.29, 1.82) is 31.6 Å². The number of ether oxygens (including phenoxy) is 3. The molecule has 0 bridgehead atoms. The molecule has 12 nitrogen and oxygen atoms in total. The summed E-state index contributed by atoms with van der Waals surface area (Å²) in [7, 11) is 0. The van der Waals surface area contributed by atoms with Gasteiger partial charge in [-0.3, -0.25) is 0 Å². The van der Waals surface area contributed by atoms with Gasteiger partial charge in [-0.1, -0.05) is 0 Å². The second-order valence-electron chi connectivity index (χ2n) is 13.5. The van der Waals surface area contributed by atoms with Crippen LogP contribution in [0.2, 0.25) is 0 Å². The zero-order valence-corrected chi connectivity index (χ0v) is 32.8. The Bertz CT molecular complexity index is 2560. The Hall–Kier alpha value is -7.83. The second-order valence-corrected chi connectivity index (χ2v) is 13.5. The predicted octanol–water partition coefficient (Wildman–Crippen LogP) is 9.08. The molecule has 1 aromatic rings. The van der Waals surface area contributed by atoms with Crippen molar-refractivity contribution < 1.29 is 36.2 Å². The zero-order valence-electron chi connectivity index (χ0n) is 32.8. The molecule has 3 heterocycles. The fourth-order valence-corrected chi connectivity index (χ4v) is 5.37. The number of rotatable bonds is 2. The normalized spacial score (nSPS) is 21.4. The van der Waals surface area contributed by atoms with E-state index in [-0.39, 0.29) is 33.7 Å². The first-order chi connectivity index (χ1) is 26.9. The number of hydrogen-bond donors (Lipinski definition) is 1. The molecule has 58 heavy (non-hydrogen) atoms. The van der Waals surface area contributed by atoms with Crippen LogP contribution in [0, 0.1) is 110 Å². The smallest absolute Gasteiger partial charge is 0.304 e. The van der Waals surface area contributed by atoms with E-state index in [9.17, 15) is 37.7 Å². The van der Waals surface area contributed by atoms with E-state index in [0.717, 1.165) is 18.1 Å². The third-order valence-electron chi connectivity index (χ3n) is 9.48. The zero-order chi connectivity index (χ0) is 44.8. The molecule has 0 aromatic heterocycles. The minimum absolute atomic E-state index is 0.0283. The molecule has 1 aromatic carbocycles. The van der Waals surface area contributed by atoms with E-state index in [2.05, 4.69) is 15.8 Å². The van der Waals surface area contributed by atoms with Gasteiger partial charge in [0.05, 0.1) is 58.8 Å².